The predicted octanol–water partition coefficient (Wildman–Crippen LogP) is 5.24. The Kier molecular flexibility index (Phi) is 6.18. The van der Waals surface area contributed by atoms with Crippen molar-refractivity contribution in [2.45, 2.75) is 31.2 Å². The minimum Gasteiger partial charge on any atom is -0.493 e. The Balaban J connectivity index is 1.40. The van der Waals surface area contributed by atoms with Gasteiger partial charge in [0.2, 0.25) is 5.91 Å². The minimum atomic E-state index is -1.01. The van der Waals surface area contributed by atoms with Crippen molar-refractivity contribution in [3.63, 3.8) is 0 Å². The molecule has 2 heterocycles. The van der Waals surface area contributed by atoms with Crippen LogP contribution >= 0.6 is 11.6 Å². The maximum absolute atomic E-state index is 13.6. The third-order valence-corrected chi connectivity index (χ3v) is 5.78. The molecule has 7 heteroatoms. The van der Waals surface area contributed by atoms with Crippen LogP contribution in [0.4, 0.5) is 14.5 Å². The summed E-state index contributed by atoms with van der Waals surface area (Å²) in [6, 6.07) is 14.2. The lowest BCUT2D eigenvalue weighted by molar-refractivity contribution is -0.123. The van der Waals surface area contributed by atoms with Crippen LogP contribution in [0.3, 0.4) is 0 Å². The van der Waals surface area contributed by atoms with E-state index in [-0.39, 0.29) is 11.6 Å². The average Bonchev–Trinajstić information content (AvgIpc) is 2.80. The topological polar surface area (TPSA) is 42.4 Å². The highest BCUT2D eigenvalue weighted by Gasteiger charge is 2.48. The number of benzene rings is 2. The fourth-order valence-electron chi connectivity index (χ4n) is 3.54. The molecule has 2 aromatic carbocycles. The van der Waals surface area contributed by atoms with Crippen molar-refractivity contribution in [1.29, 1.82) is 0 Å². The van der Waals surface area contributed by atoms with Gasteiger partial charge >= 0.3 is 0 Å². The van der Waals surface area contributed by atoms with E-state index in [1.54, 1.807) is 12.1 Å². The molecule has 0 aliphatic carbocycles. The van der Waals surface area contributed by atoms with Gasteiger partial charge in [-0.05, 0) is 47.9 Å². The van der Waals surface area contributed by atoms with Gasteiger partial charge in [-0.25, -0.2) is 8.78 Å². The first kappa shape index (κ1) is 21.2. The number of hydrogen-bond acceptors (Lipinski definition) is 3. The molecule has 0 N–H and O–H groups in total. The summed E-state index contributed by atoms with van der Waals surface area (Å²) in [5, 5.41) is -0.767. The van der Waals surface area contributed by atoms with Crippen LogP contribution in [0, 0.1) is 11.6 Å². The fraction of sp³-hybridized carbons (Fsp3) is 0.250. The van der Waals surface area contributed by atoms with Crippen molar-refractivity contribution >= 4 is 23.2 Å². The molecule has 4 rings (SSSR count). The van der Waals surface area contributed by atoms with E-state index in [4.69, 9.17) is 16.3 Å². The zero-order valence-electron chi connectivity index (χ0n) is 16.9. The summed E-state index contributed by atoms with van der Waals surface area (Å²) in [5.41, 5.74) is 3.22. The summed E-state index contributed by atoms with van der Waals surface area (Å²) in [5.74, 6) is -1.64. The van der Waals surface area contributed by atoms with Gasteiger partial charge in [-0.1, -0.05) is 25.1 Å². The number of nitrogens with zero attached hydrogens (tertiary/aromatic N) is 2. The third-order valence-electron chi connectivity index (χ3n) is 5.35. The molecule has 3 aromatic rings. The Hall–Kier alpha value is -2.99. The number of aromatic nitrogens is 1. The van der Waals surface area contributed by atoms with Crippen molar-refractivity contribution in [3.05, 3.63) is 89.2 Å². The molecule has 160 valence electrons. The number of ether oxygens (including phenoxy) is 1. The molecule has 0 bridgehead atoms. The molecule has 4 nitrogen and oxygen atoms in total. The van der Waals surface area contributed by atoms with E-state index in [0.29, 0.717) is 18.8 Å². The standard InChI is InChI=1S/C24H21ClF2N2O2/c1-2-15-3-6-17(28-14-15)11-12-31-19-8-4-16(5-9-19)23-22(25)24(30)29(23)18-7-10-20(26)21(27)13-18/h3-10,13-14,22-23H,2,11-12H2,1H3. The predicted molar refractivity (Wildman–Crippen MR) is 115 cm³/mol. The quantitative estimate of drug-likeness (QED) is 0.371. The third kappa shape index (κ3) is 4.39. The zero-order valence-corrected chi connectivity index (χ0v) is 17.7. The average molecular weight is 443 g/mol. The number of aryl methyl sites for hydroxylation is 1. The molecule has 1 aliphatic heterocycles. The first-order chi connectivity index (χ1) is 15.0. The van der Waals surface area contributed by atoms with Gasteiger partial charge < -0.3 is 9.64 Å². The minimum absolute atomic E-state index is 0.271. The zero-order chi connectivity index (χ0) is 22.0. The molecule has 31 heavy (non-hydrogen) atoms. The number of hydrogen-bond donors (Lipinski definition) is 0. The van der Waals surface area contributed by atoms with Crippen molar-refractivity contribution in [1.82, 2.24) is 4.98 Å². The maximum Gasteiger partial charge on any atom is 0.248 e. The van der Waals surface area contributed by atoms with Crippen LogP contribution in [0.15, 0.2) is 60.8 Å². The second-order valence-electron chi connectivity index (χ2n) is 7.33. The highest BCUT2D eigenvalue weighted by molar-refractivity contribution is 6.37. The van der Waals surface area contributed by atoms with Gasteiger partial charge in [0.05, 0.1) is 12.6 Å². The normalized spacial score (nSPS) is 18.1. The monoisotopic (exact) mass is 442 g/mol. The summed E-state index contributed by atoms with van der Waals surface area (Å²) < 4.78 is 32.7. The summed E-state index contributed by atoms with van der Waals surface area (Å²) in [4.78, 5) is 18.1. The van der Waals surface area contributed by atoms with E-state index in [0.717, 1.165) is 29.8 Å². The molecule has 1 fully saturated rings. The van der Waals surface area contributed by atoms with E-state index in [9.17, 15) is 13.6 Å². The molecule has 0 radical (unpaired) electrons. The number of pyridine rings is 1. The van der Waals surface area contributed by atoms with Crippen molar-refractivity contribution < 1.29 is 18.3 Å². The number of amides is 1. The molecule has 2 atom stereocenters. The molecular formula is C24H21ClF2N2O2. The Morgan fingerprint density at radius 2 is 1.84 bits per heavy atom. The largest absolute Gasteiger partial charge is 0.493 e. The van der Waals surface area contributed by atoms with Crippen molar-refractivity contribution in [2.24, 2.45) is 0 Å². The van der Waals surface area contributed by atoms with Crippen LogP contribution < -0.4 is 9.64 Å². The lowest BCUT2D eigenvalue weighted by Gasteiger charge is -2.44. The van der Waals surface area contributed by atoms with E-state index in [1.165, 1.54) is 16.5 Å². The van der Waals surface area contributed by atoms with Gasteiger partial charge in [0.1, 0.15) is 11.1 Å². The van der Waals surface area contributed by atoms with E-state index < -0.39 is 23.1 Å². The Labute approximate surface area is 184 Å². The van der Waals surface area contributed by atoms with Crippen molar-refractivity contribution in [2.75, 3.05) is 11.5 Å². The van der Waals surface area contributed by atoms with Crippen LogP contribution in [0.2, 0.25) is 0 Å². The summed E-state index contributed by atoms with van der Waals surface area (Å²) in [6.45, 7) is 2.57. The first-order valence-corrected chi connectivity index (χ1v) is 10.5. The van der Waals surface area contributed by atoms with Gasteiger partial charge in [-0.2, -0.15) is 0 Å². The second kappa shape index (κ2) is 9.02. The highest BCUT2D eigenvalue weighted by Crippen LogP contribution is 2.42. The number of halogens is 3. The molecule has 0 saturated carbocycles. The Bertz CT molecular complexity index is 1070. The SMILES string of the molecule is CCc1ccc(CCOc2ccc(C3C(Cl)C(=O)N3c3ccc(F)c(F)c3)cc2)nc1. The van der Waals surface area contributed by atoms with Crippen LogP contribution in [-0.4, -0.2) is 22.9 Å². The molecule has 1 saturated heterocycles. The number of carbonyl (C=O) groups excluding carboxylic acids is 1. The van der Waals surface area contributed by atoms with Crippen LogP contribution in [-0.2, 0) is 17.6 Å². The smallest absolute Gasteiger partial charge is 0.248 e. The molecule has 1 amide bonds. The lowest BCUT2D eigenvalue weighted by atomic mass is 9.92. The second-order valence-corrected chi connectivity index (χ2v) is 7.80. The van der Waals surface area contributed by atoms with Gasteiger partial charge in [0, 0.05) is 30.1 Å². The number of β-lactam (4-membered cyclic amide) rings is 1. The van der Waals surface area contributed by atoms with E-state index >= 15 is 0 Å². The van der Waals surface area contributed by atoms with Crippen LogP contribution in [0.5, 0.6) is 5.75 Å². The number of anilines is 1. The fourth-order valence-corrected chi connectivity index (χ4v) is 3.90. The van der Waals surface area contributed by atoms with E-state index in [2.05, 4.69) is 18.0 Å². The van der Waals surface area contributed by atoms with Crippen LogP contribution in [0.1, 0.15) is 29.8 Å². The number of rotatable bonds is 7. The highest BCUT2D eigenvalue weighted by atomic mass is 35.5. The molecule has 1 aliphatic rings. The van der Waals surface area contributed by atoms with E-state index in [1.807, 2.05) is 24.4 Å². The first-order valence-electron chi connectivity index (χ1n) is 10.1. The Morgan fingerprint density at radius 3 is 2.48 bits per heavy atom. The van der Waals surface area contributed by atoms with Gasteiger partial charge in [-0.15, -0.1) is 11.6 Å². The molecule has 1 aromatic heterocycles. The summed E-state index contributed by atoms with van der Waals surface area (Å²) in [7, 11) is 0. The number of carbonyl (C=O) groups is 1. The number of alkyl halides is 1. The van der Waals surface area contributed by atoms with Gasteiger partial charge in [-0.3, -0.25) is 9.78 Å². The van der Waals surface area contributed by atoms with Gasteiger partial charge in [0.15, 0.2) is 11.6 Å². The molecular weight excluding hydrogens is 422 g/mol. The van der Waals surface area contributed by atoms with Crippen LogP contribution in [0.25, 0.3) is 0 Å². The molecule has 2 unspecified atom stereocenters. The maximum atomic E-state index is 13.6. The summed E-state index contributed by atoms with van der Waals surface area (Å²) >= 11 is 6.23. The lowest BCUT2D eigenvalue weighted by Crippen LogP contribution is -2.56. The van der Waals surface area contributed by atoms with Gasteiger partial charge in [0.25, 0.3) is 0 Å². The Morgan fingerprint density at radius 1 is 1.06 bits per heavy atom. The van der Waals surface area contributed by atoms with Crippen molar-refractivity contribution in [3.8, 4) is 5.75 Å². The summed E-state index contributed by atoms with van der Waals surface area (Å²) in [6.07, 6.45) is 3.53. The molecule has 0 spiro atoms.